The largest absolute Gasteiger partial charge is 0.369 e. The molecule has 1 saturated heterocycles. The zero-order valence-corrected chi connectivity index (χ0v) is 13.2. The molecule has 120 valence electrons. The SMILES string of the molecule is C#CCOCC1CCN(S(=O)(=O)Cc2ccc(F)cc2)CC1. The van der Waals surface area contributed by atoms with Crippen molar-refractivity contribution in [1.29, 1.82) is 0 Å². The summed E-state index contributed by atoms with van der Waals surface area (Å²) in [5.41, 5.74) is 0.598. The highest BCUT2D eigenvalue weighted by atomic mass is 32.2. The van der Waals surface area contributed by atoms with E-state index in [1.807, 2.05) is 0 Å². The Kier molecular flexibility index (Phi) is 5.95. The van der Waals surface area contributed by atoms with Crippen molar-refractivity contribution >= 4 is 10.0 Å². The molecule has 0 unspecified atom stereocenters. The lowest BCUT2D eigenvalue weighted by atomic mass is 9.99. The van der Waals surface area contributed by atoms with Crippen molar-refractivity contribution in [3.63, 3.8) is 0 Å². The molecule has 0 spiro atoms. The summed E-state index contributed by atoms with van der Waals surface area (Å²) in [5, 5.41) is 0. The zero-order chi connectivity index (χ0) is 16.0. The molecule has 22 heavy (non-hydrogen) atoms. The number of piperidine rings is 1. The van der Waals surface area contributed by atoms with Gasteiger partial charge in [0.1, 0.15) is 12.4 Å². The number of hydrogen-bond donors (Lipinski definition) is 0. The fourth-order valence-electron chi connectivity index (χ4n) is 2.52. The van der Waals surface area contributed by atoms with E-state index in [0.29, 0.717) is 37.8 Å². The van der Waals surface area contributed by atoms with Gasteiger partial charge in [-0.15, -0.1) is 6.42 Å². The summed E-state index contributed by atoms with van der Waals surface area (Å²) in [4.78, 5) is 0. The molecule has 1 aliphatic heterocycles. The van der Waals surface area contributed by atoms with E-state index in [4.69, 9.17) is 11.2 Å². The van der Waals surface area contributed by atoms with E-state index < -0.39 is 10.0 Å². The molecule has 1 heterocycles. The second kappa shape index (κ2) is 7.73. The maximum Gasteiger partial charge on any atom is 0.218 e. The van der Waals surface area contributed by atoms with Gasteiger partial charge >= 0.3 is 0 Å². The molecule has 1 fully saturated rings. The normalized spacial score (nSPS) is 17.3. The Morgan fingerprint density at radius 2 is 1.91 bits per heavy atom. The Hall–Kier alpha value is -1.42. The number of halogens is 1. The van der Waals surface area contributed by atoms with Gasteiger partial charge in [0.05, 0.1) is 12.4 Å². The van der Waals surface area contributed by atoms with Crippen LogP contribution in [0.5, 0.6) is 0 Å². The first-order valence-electron chi connectivity index (χ1n) is 7.25. The summed E-state index contributed by atoms with van der Waals surface area (Å²) >= 11 is 0. The summed E-state index contributed by atoms with van der Waals surface area (Å²) in [6.45, 7) is 1.86. The third-order valence-corrected chi connectivity index (χ3v) is 5.62. The van der Waals surface area contributed by atoms with Crippen LogP contribution in [0.4, 0.5) is 4.39 Å². The summed E-state index contributed by atoms with van der Waals surface area (Å²) < 4.78 is 44.4. The Morgan fingerprint density at radius 1 is 1.27 bits per heavy atom. The molecule has 0 radical (unpaired) electrons. The first-order valence-corrected chi connectivity index (χ1v) is 8.85. The van der Waals surface area contributed by atoms with Gasteiger partial charge in [0, 0.05) is 13.1 Å². The molecule has 6 heteroatoms. The van der Waals surface area contributed by atoms with Crippen LogP contribution in [-0.2, 0) is 20.5 Å². The number of nitrogens with zero attached hydrogens (tertiary/aromatic N) is 1. The number of terminal acetylenes is 1. The summed E-state index contributed by atoms with van der Waals surface area (Å²) in [6, 6.07) is 5.57. The van der Waals surface area contributed by atoms with E-state index in [1.54, 1.807) is 0 Å². The second-order valence-corrected chi connectivity index (χ2v) is 7.41. The Labute approximate surface area is 131 Å². The maximum atomic E-state index is 12.9. The molecule has 2 rings (SSSR count). The highest BCUT2D eigenvalue weighted by Gasteiger charge is 2.28. The minimum atomic E-state index is -3.36. The van der Waals surface area contributed by atoms with Gasteiger partial charge in [0.15, 0.2) is 0 Å². The van der Waals surface area contributed by atoms with Crippen molar-refractivity contribution in [2.75, 3.05) is 26.3 Å². The van der Waals surface area contributed by atoms with Gasteiger partial charge in [-0.3, -0.25) is 0 Å². The number of sulfonamides is 1. The van der Waals surface area contributed by atoms with E-state index in [0.717, 1.165) is 12.8 Å². The minimum Gasteiger partial charge on any atom is -0.369 e. The standard InChI is InChI=1S/C16H20FNO3S/c1-2-11-21-12-14-7-9-18(10-8-14)22(19,20)13-15-3-5-16(17)6-4-15/h1,3-6,14H,7-13H2. The molecule has 1 aliphatic rings. The van der Waals surface area contributed by atoms with E-state index in [1.165, 1.54) is 28.6 Å². The van der Waals surface area contributed by atoms with E-state index >= 15 is 0 Å². The Balaban J connectivity index is 1.87. The monoisotopic (exact) mass is 325 g/mol. The van der Waals surface area contributed by atoms with E-state index in [9.17, 15) is 12.8 Å². The van der Waals surface area contributed by atoms with Crippen LogP contribution in [0.1, 0.15) is 18.4 Å². The smallest absolute Gasteiger partial charge is 0.218 e. The fourth-order valence-corrected chi connectivity index (χ4v) is 4.08. The van der Waals surface area contributed by atoms with Crippen molar-refractivity contribution in [2.45, 2.75) is 18.6 Å². The predicted molar refractivity (Wildman–Crippen MR) is 83.0 cm³/mol. The number of hydrogen-bond acceptors (Lipinski definition) is 3. The number of rotatable bonds is 6. The molecule has 0 N–H and O–H groups in total. The molecule has 0 aromatic heterocycles. The zero-order valence-electron chi connectivity index (χ0n) is 12.4. The maximum absolute atomic E-state index is 12.9. The lowest BCUT2D eigenvalue weighted by Crippen LogP contribution is -2.40. The highest BCUT2D eigenvalue weighted by molar-refractivity contribution is 7.88. The van der Waals surface area contributed by atoms with Gasteiger partial charge in [-0.05, 0) is 36.5 Å². The van der Waals surface area contributed by atoms with Crippen LogP contribution in [0.2, 0.25) is 0 Å². The average molecular weight is 325 g/mol. The molecule has 0 amide bonds. The average Bonchev–Trinajstić information content (AvgIpc) is 2.50. The molecule has 0 atom stereocenters. The summed E-state index contributed by atoms with van der Waals surface area (Å²) in [6.07, 6.45) is 6.66. The van der Waals surface area contributed by atoms with Gasteiger partial charge in [-0.2, -0.15) is 0 Å². The lowest BCUT2D eigenvalue weighted by Gasteiger charge is -2.31. The third-order valence-electron chi connectivity index (χ3n) is 3.77. The second-order valence-electron chi connectivity index (χ2n) is 5.44. The molecule has 0 bridgehead atoms. The van der Waals surface area contributed by atoms with Crippen molar-refractivity contribution in [1.82, 2.24) is 4.31 Å². The predicted octanol–water partition coefficient (Wildman–Crippen LogP) is 2.02. The molecule has 0 aliphatic carbocycles. The Morgan fingerprint density at radius 3 is 2.50 bits per heavy atom. The van der Waals surface area contributed by atoms with Gasteiger partial charge in [0.2, 0.25) is 10.0 Å². The minimum absolute atomic E-state index is 0.0917. The fraction of sp³-hybridized carbons (Fsp3) is 0.500. The van der Waals surface area contributed by atoms with Crippen LogP contribution in [0.3, 0.4) is 0 Å². The van der Waals surface area contributed by atoms with Crippen molar-refractivity contribution in [2.24, 2.45) is 5.92 Å². The van der Waals surface area contributed by atoms with E-state index in [-0.39, 0.29) is 11.6 Å². The summed E-state index contributed by atoms with van der Waals surface area (Å²) in [7, 11) is -3.36. The van der Waals surface area contributed by atoms with Crippen LogP contribution >= 0.6 is 0 Å². The molecule has 4 nitrogen and oxygen atoms in total. The van der Waals surface area contributed by atoms with Crippen molar-refractivity contribution in [3.05, 3.63) is 35.6 Å². The van der Waals surface area contributed by atoms with Crippen LogP contribution in [0.25, 0.3) is 0 Å². The van der Waals surface area contributed by atoms with Crippen LogP contribution in [0, 0.1) is 24.1 Å². The molecule has 1 aromatic carbocycles. The van der Waals surface area contributed by atoms with Crippen LogP contribution in [0.15, 0.2) is 24.3 Å². The lowest BCUT2D eigenvalue weighted by molar-refractivity contribution is 0.101. The van der Waals surface area contributed by atoms with Crippen molar-refractivity contribution < 1.29 is 17.5 Å². The number of ether oxygens (including phenoxy) is 1. The summed E-state index contributed by atoms with van der Waals surface area (Å²) in [5.74, 6) is 2.31. The quantitative estimate of drug-likeness (QED) is 0.594. The van der Waals surface area contributed by atoms with Gasteiger partial charge in [-0.25, -0.2) is 17.1 Å². The first-order chi connectivity index (χ1) is 10.5. The van der Waals surface area contributed by atoms with E-state index in [2.05, 4.69) is 5.92 Å². The molecule has 1 aromatic rings. The highest BCUT2D eigenvalue weighted by Crippen LogP contribution is 2.22. The van der Waals surface area contributed by atoms with Gasteiger partial charge < -0.3 is 4.74 Å². The molecular weight excluding hydrogens is 305 g/mol. The van der Waals surface area contributed by atoms with Crippen molar-refractivity contribution in [3.8, 4) is 12.3 Å². The van der Waals surface area contributed by atoms with Crippen LogP contribution < -0.4 is 0 Å². The first kappa shape index (κ1) is 16.9. The Bertz CT molecular complexity index is 614. The molecule has 0 saturated carbocycles. The van der Waals surface area contributed by atoms with Crippen LogP contribution in [-0.4, -0.2) is 39.0 Å². The third kappa shape index (κ3) is 4.80. The topological polar surface area (TPSA) is 46.6 Å². The van der Waals surface area contributed by atoms with Gasteiger partial charge in [0.25, 0.3) is 0 Å². The number of benzene rings is 1. The molecular formula is C16H20FNO3S. The van der Waals surface area contributed by atoms with Gasteiger partial charge in [-0.1, -0.05) is 18.1 Å².